The van der Waals surface area contributed by atoms with Gasteiger partial charge in [0.05, 0.1) is 0 Å². The highest BCUT2D eigenvalue weighted by Crippen LogP contribution is 2.27. The van der Waals surface area contributed by atoms with E-state index in [2.05, 4.69) is 40.3 Å². The van der Waals surface area contributed by atoms with Gasteiger partial charge in [0.15, 0.2) is 0 Å². The Hall–Kier alpha value is -0.540. The van der Waals surface area contributed by atoms with Crippen LogP contribution in [0.2, 0.25) is 10.0 Å². The summed E-state index contributed by atoms with van der Waals surface area (Å²) in [5, 5.41) is 4.89. The van der Waals surface area contributed by atoms with Gasteiger partial charge in [0.1, 0.15) is 0 Å². The van der Waals surface area contributed by atoms with Gasteiger partial charge in [-0.15, -0.1) is 0 Å². The summed E-state index contributed by atoms with van der Waals surface area (Å²) in [5.41, 5.74) is 2.34. The second kappa shape index (κ2) is 7.46. The van der Waals surface area contributed by atoms with Crippen molar-refractivity contribution in [1.82, 2.24) is 5.32 Å². The molecule has 20 heavy (non-hydrogen) atoms. The van der Waals surface area contributed by atoms with Crippen LogP contribution in [0.25, 0.3) is 0 Å². The van der Waals surface area contributed by atoms with Crippen molar-refractivity contribution in [1.29, 1.82) is 0 Å². The molecule has 0 aliphatic heterocycles. The van der Waals surface area contributed by atoms with Gasteiger partial charge < -0.3 is 5.32 Å². The molecule has 0 heterocycles. The van der Waals surface area contributed by atoms with E-state index in [4.69, 9.17) is 23.2 Å². The van der Waals surface area contributed by atoms with Crippen LogP contribution in [-0.4, -0.2) is 6.54 Å². The maximum Gasteiger partial charge on any atom is 0.0453 e. The molecular weight excluding hydrogens is 357 g/mol. The minimum Gasteiger partial charge on any atom is -0.310 e. The van der Waals surface area contributed by atoms with Gasteiger partial charge in [-0.05, 0) is 48.4 Å². The van der Waals surface area contributed by atoms with Gasteiger partial charge >= 0.3 is 0 Å². The molecule has 1 nitrogen and oxygen atoms in total. The lowest BCUT2D eigenvalue weighted by molar-refractivity contribution is 0.549. The molecule has 0 aliphatic carbocycles. The maximum atomic E-state index is 6.27. The highest BCUT2D eigenvalue weighted by Gasteiger charge is 2.13. The molecule has 0 saturated carbocycles. The lowest BCUT2D eigenvalue weighted by Crippen LogP contribution is -2.23. The van der Waals surface area contributed by atoms with Gasteiger partial charge in [0, 0.05) is 20.6 Å². The normalized spacial score (nSPS) is 12.4. The summed E-state index contributed by atoms with van der Waals surface area (Å²) in [4.78, 5) is 0. The molecule has 2 rings (SSSR count). The molecule has 0 saturated heterocycles. The fourth-order valence-corrected chi connectivity index (χ4v) is 3.09. The van der Waals surface area contributed by atoms with Crippen molar-refractivity contribution in [3.63, 3.8) is 0 Å². The Morgan fingerprint density at radius 2 is 1.95 bits per heavy atom. The van der Waals surface area contributed by atoms with Crippen molar-refractivity contribution < 1.29 is 0 Å². The fraction of sp³-hybridized carbons (Fsp3) is 0.250. The van der Waals surface area contributed by atoms with Crippen molar-refractivity contribution in [3.05, 3.63) is 68.1 Å². The molecule has 2 aromatic carbocycles. The number of nitrogens with one attached hydrogen (secondary N) is 1. The van der Waals surface area contributed by atoms with Crippen LogP contribution in [0.3, 0.4) is 0 Å². The second-order valence-electron chi connectivity index (χ2n) is 4.61. The minimum absolute atomic E-state index is 0.233. The number of hydrogen-bond donors (Lipinski definition) is 1. The fourth-order valence-electron chi connectivity index (χ4n) is 2.18. The van der Waals surface area contributed by atoms with Gasteiger partial charge in [-0.25, -0.2) is 0 Å². The summed E-state index contributed by atoms with van der Waals surface area (Å²) < 4.78 is 1.08. The van der Waals surface area contributed by atoms with Crippen molar-refractivity contribution in [2.24, 2.45) is 0 Å². The highest BCUT2D eigenvalue weighted by molar-refractivity contribution is 9.10. The molecule has 4 heteroatoms. The minimum atomic E-state index is 0.233. The van der Waals surface area contributed by atoms with E-state index < -0.39 is 0 Å². The van der Waals surface area contributed by atoms with Gasteiger partial charge in [-0.3, -0.25) is 0 Å². The summed E-state index contributed by atoms with van der Waals surface area (Å²) in [6.45, 7) is 3.01. The molecule has 1 unspecified atom stereocenters. The van der Waals surface area contributed by atoms with Crippen molar-refractivity contribution in [2.75, 3.05) is 6.54 Å². The zero-order valence-electron chi connectivity index (χ0n) is 11.2. The van der Waals surface area contributed by atoms with Crippen LogP contribution in [-0.2, 0) is 6.42 Å². The van der Waals surface area contributed by atoms with Crippen LogP contribution in [0, 0.1) is 0 Å². The van der Waals surface area contributed by atoms with E-state index in [1.807, 2.05) is 24.3 Å². The van der Waals surface area contributed by atoms with Gasteiger partial charge in [0.2, 0.25) is 0 Å². The summed E-state index contributed by atoms with van der Waals surface area (Å²) in [6, 6.07) is 14.2. The lowest BCUT2D eigenvalue weighted by Gasteiger charge is -2.19. The van der Waals surface area contributed by atoms with Crippen molar-refractivity contribution >= 4 is 39.1 Å². The summed E-state index contributed by atoms with van der Waals surface area (Å²) in [6.07, 6.45) is 0.834. The largest absolute Gasteiger partial charge is 0.310 e. The molecule has 0 amide bonds. The molecule has 0 bridgehead atoms. The van der Waals surface area contributed by atoms with Crippen LogP contribution in [0.5, 0.6) is 0 Å². The summed E-state index contributed by atoms with van der Waals surface area (Å²) in [7, 11) is 0. The topological polar surface area (TPSA) is 12.0 Å². The number of rotatable bonds is 5. The van der Waals surface area contributed by atoms with Crippen LogP contribution in [0.4, 0.5) is 0 Å². The Balaban J connectivity index is 2.25. The highest BCUT2D eigenvalue weighted by atomic mass is 79.9. The third-order valence-corrected chi connectivity index (χ3v) is 4.22. The van der Waals surface area contributed by atoms with Crippen LogP contribution >= 0.6 is 39.1 Å². The van der Waals surface area contributed by atoms with Crippen LogP contribution in [0.15, 0.2) is 46.9 Å². The van der Waals surface area contributed by atoms with E-state index >= 15 is 0 Å². The molecule has 0 fully saturated rings. The predicted octanol–water partition coefficient (Wildman–Crippen LogP) is 5.65. The standard InChI is InChI=1S/C16H16BrCl2N/c1-2-20-16(12-4-3-5-13(17)8-12)9-11-6-7-14(18)10-15(11)19/h3-8,10,16,20H,2,9H2,1H3. The van der Waals surface area contributed by atoms with E-state index in [9.17, 15) is 0 Å². The molecular formula is C16H16BrCl2N. The number of hydrogen-bond acceptors (Lipinski definition) is 1. The SMILES string of the molecule is CCNC(Cc1ccc(Cl)cc1Cl)c1cccc(Br)c1. The van der Waals surface area contributed by atoms with Crippen LogP contribution in [0.1, 0.15) is 24.1 Å². The van der Waals surface area contributed by atoms with Crippen molar-refractivity contribution in [3.8, 4) is 0 Å². The predicted molar refractivity (Wildman–Crippen MR) is 90.7 cm³/mol. The van der Waals surface area contributed by atoms with Gasteiger partial charge in [-0.2, -0.15) is 0 Å². The van der Waals surface area contributed by atoms with Gasteiger partial charge in [-0.1, -0.05) is 64.3 Å². The van der Waals surface area contributed by atoms with E-state index in [1.165, 1.54) is 5.56 Å². The molecule has 1 atom stereocenters. The Kier molecular flexibility index (Phi) is 5.91. The first-order valence-electron chi connectivity index (χ1n) is 6.53. The zero-order valence-corrected chi connectivity index (χ0v) is 14.3. The first-order chi connectivity index (χ1) is 9.60. The Morgan fingerprint density at radius 3 is 2.60 bits per heavy atom. The molecule has 0 radical (unpaired) electrons. The average Bonchev–Trinajstić information content (AvgIpc) is 2.41. The maximum absolute atomic E-state index is 6.27. The lowest BCUT2D eigenvalue weighted by atomic mass is 9.99. The molecule has 0 spiro atoms. The molecule has 0 aliphatic rings. The quantitative estimate of drug-likeness (QED) is 0.714. The van der Waals surface area contributed by atoms with Gasteiger partial charge in [0.25, 0.3) is 0 Å². The average molecular weight is 373 g/mol. The van der Waals surface area contributed by atoms with E-state index in [0.29, 0.717) is 5.02 Å². The second-order valence-corrected chi connectivity index (χ2v) is 6.36. The summed E-state index contributed by atoms with van der Waals surface area (Å²) in [5.74, 6) is 0. The molecule has 0 aromatic heterocycles. The zero-order chi connectivity index (χ0) is 14.5. The third kappa shape index (κ3) is 4.23. The monoisotopic (exact) mass is 371 g/mol. The van der Waals surface area contributed by atoms with Crippen molar-refractivity contribution in [2.45, 2.75) is 19.4 Å². The molecule has 1 N–H and O–H groups in total. The van der Waals surface area contributed by atoms with E-state index in [-0.39, 0.29) is 6.04 Å². The third-order valence-electron chi connectivity index (χ3n) is 3.14. The van der Waals surface area contributed by atoms with E-state index in [1.54, 1.807) is 6.07 Å². The van der Waals surface area contributed by atoms with Crippen LogP contribution < -0.4 is 5.32 Å². The molecule has 106 valence electrons. The van der Waals surface area contributed by atoms with E-state index in [0.717, 1.165) is 28.0 Å². The number of likely N-dealkylation sites (N-methyl/N-ethyl adjacent to an activating group) is 1. The summed E-state index contributed by atoms with van der Waals surface area (Å²) >= 11 is 15.7. The number of halogens is 3. The smallest absolute Gasteiger partial charge is 0.0453 e. The molecule has 2 aromatic rings. The first kappa shape index (κ1) is 15.8. The Morgan fingerprint density at radius 1 is 1.15 bits per heavy atom. The first-order valence-corrected chi connectivity index (χ1v) is 8.08. The Labute approximate surface area is 138 Å². The Bertz CT molecular complexity index is 586. The number of benzene rings is 2.